The highest BCUT2D eigenvalue weighted by Crippen LogP contribution is 1.88. The van der Waals surface area contributed by atoms with Crippen LogP contribution < -0.4 is 0 Å². The van der Waals surface area contributed by atoms with E-state index in [0.29, 0.717) is 5.57 Å². The summed E-state index contributed by atoms with van der Waals surface area (Å²) in [7, 11) is 0. The molecule has 0 fully saturated rings. The van der Waals surface area contributed by atoms with E-state index in [1.165, 1.54) is 0 Å². The van der Waals surface area contributed by atoms with Gasteiger partial charge in [-0.1, -0.05) is 37.8 Å². The summed E-state index contributed by atoms with van der Waals surface area (Å²) in [5.41, 5.74) is 0.501. The Hall–Kier alpha value is -1.11. The van der Waals surface area contributed by atoms with E-state index in [2.05, 4.69) is 13.5 Å². The molecule has 0 aliphatic carbocycles. The monoisotopic (exact) mass is 136 g/mol. The van der Waals surface area contributed by atoms with Crippen LogP contribution >= 0.6 is 0 Å². The normalized spacial score (nSPS) is 10.9. The number of carbonyl (C=O) groups excluding carboxylic acids is 1. The van der Waals surface area contributed by atoms with Crippen molar-refractivity contribution in [3.8, 4) is 0 Å². The van der Waals surface area contributed by atoms with Gasteiger partial charge in [0.05, 0.1) is 0 Å². The van der Waals surface area contributed by atoms with E-state index in [0.717, 1.165) is 12.7 Å². The highest BCUT2D eigenvalue weighted by atomic mass is 16.1. The maximum Gasteiger partial charge on any atom is 0.149 e. The van der Waals surface area contributed by atoms with E-state index in [4.69, 9.17) is 0 Å². The van der Waals surface area contributed by atoms with Gasteiger partial charge in [0.15, 0.2) is 0 Å². The van der Waals surface area contributed by atoms with Gasteiger partial charge in [0.1, 0.15) is 6.29 Å². The molecule has 0 amide bonds. The van der Waals surface area contributed by atoms with Gasteiger partial charge in [-0.05, 0) is 6.42 Å². The van der Waals surface area contributed by atoms with Crippen LogP contribution in [0, 0.1) is 0 Å². The first-order valence-electron chi connectivity index (χ1n) is 3.28. The van der Waals surface area contributed by atoms with Crippen molar-refractivity contribution in [2.45, 2.75) is 13.3 Å². The Morgan fingerprint density at radius 2 is 2.20 bits per heavy atom. The fourth-order valence-corrected chi connectivity index (χ4v) is 0.433. The second-order valence-corrected chi connectivity index (χ2v) is 1.89. The van der Waals surface area contributed by atoms with E-state index in [9.17, 15) is 4.79 Å². The number of allylic oxidation sites excluding steroid dienone is 5. The maximum atomic E-state index is 9.99. The van der Waals surface area contributed by atoms with Crippen molar-refractivity contribution in [3.05, 3.63) is 36.5 Å². The van der Waals surface area contributed by atoms with Gasteiger partial charge in [-0.2, -0.15) is 0 Å². The summed E-state index contributed by atoms with van der Waals surface area (Å²) in [6.45, 7) is 5.54. The van der Waals surface area contributed by atoms with Crippen molar-refractivity contribution in [2.75, 3.05) is 0 Å². The zero-order valence-electron chi connectivity index (χ0n) is 6.21. The van der Waals surface area contributed by atoms with Crippen LogP contribution in [0.25, 0.3) is 0 Å². The lowest BCUT2D eigenvalue weighted by molar-refractivity contribution is -0.104. The molecule has 0 heterocycles. The molecule has 0 aromatic heterocycles. The Morgan fingerprint density at radius 3 is 2.70 bits per heavy atom. The molecule has 0 aromatic rings. The second kappa shape index (κ2) is 6.02. The first-order chi connectivity index (χ1) is 4.81. The van der Waals surface area contributed by atoms with Crippen molar-refractivity contribution in [1.29, 1.82) is 0 Å². The molecule has 54 valence electrons. The molecule has 0 spiro atoms. The van der Waals surface area contributed by atoms with Gasteiger partial charge in [0.2, 0.25) is 0 Å². The van der Waals surface area contributed by atoms with E-state index in [-0.39, 0.29) is 0 Å². The first kappa shape index (κ1) is 8.89. The number of rotatable bonds is 4. The minimum absolute atomic E-state index is 0.501. The molecule has 0 atom stereocenters. The molecule has 1 heteroatoms. The summed E-state index contributed by atoms with van der Waals surface area (Å²) in [6.07, 6.45) is 9.14. The minimum atomic E-state index is 0.501. The molecule has 1 nitrogen and oxygen atoms in total. The average Bonchev–Trinajstić information content (AvgIpc) is 1.98. The molecule has 0 rings (SSSR count). The summed E-state index contributed by atoms with van der Waals surface area (Å²) in [5, 5.41) is 0. The Bertz CT molecular complexity index is 164. The lowest BCUT2D eigenvalue weighted by Crippen LogP contribution is -1.71. The molecule has 0 saturated carbocycles. The van der Waals surface area contributed by atoms with Gasteiger partial charge in [-0.15, -0.1) is 0 Å². The third kappa shape index (κ3) is 5.04. The van der Waals surface area contributed by atoms with Crippen LogP contribution in [0.3, 0.4) is 0 Å². The fourth-order valence-electron chi connectivity index (χ4n) is 0.433. The topological polar surface area (TPSA) is 17.1 Å². The maximum absolute atomic E-state index is 9.99. The van der Waals surface area contributed by atoms with Crippen molar-refractivity contribution in [3.63, 3.8) is 0 Å². The van der Waals surface area contributed by atoms with Gasteiger partial charge >= 0.3 is 0 Å². The van der Waals surface area contributed by atoms with Crippen LogP contribution in [0.2, 0.25) is 0 Å². The second-order valence-electron chi connectivity index (χ2n) is 1.89. The smallest absolute Gasteiger partial charge is 0.149 e. The molecule has 0 bridgehead atoms. The molecule has 0 saturated heterocycles. The largest absolute Gasteiger partial charge is 0.298 e. The van der Waals surface area contributed by atoms with Crippen molar-refractivity contribution in [1.82, 2.24) is 0 Å². The van der Waals surface area contributed by atoms with Crippen LogP contribution in [0.5, 0.6) is 0 Å². The van der Waals surface area contributed by atoms with Crippen molar-refractivity contribution in [2.24, 2.45) is 0 Å². The third-order valence-electron chi connectivity index (χ3n) is 0.945. The first-order valence-corrected chi connectivity index (χ1v) is 3.28. The summed E-state index contributed by atoms with van der Waals surface area (Å²) < 4.78 is 0. The molecular formula is C9H12O. The number of hydrogen-bond acceptors (Lipinski definition) is 1. The molecule has 0 N–H and O–H groups in total. The molecule has 0 aliphatic heterocycles. The van der Waals surface area contributed by atoms with E-state index >= 15 is 0 Å². The Kier molecular flexibility index (Phi) is 5.35. The fraction of sp³-hybridized carbons (Fsp3) is 0.222. The van der Waals surface area contributed by atoms with Crippen LogP contribution in [0.15, 0.2) is 36.5 Å². The van der Waals surface area contributed by atoms with Gasteiger partial charge in [-0.3, -0.25) is 4.79 Å². The lowest BCUT2D eigenvalue weighted by Gasteiger charge is -1.79. The predicted molar refractivity (Wildman–Crippen MR) is 43.8 cm³/mol. The highest BCUT2D eigenvalue weighted by Gasteiger charge is 1.76. The summed E-state index contributed by atoms with van der Waals surface area (Å²) in [6, 6.07) is 0. The van der Waals surface area contributed by atoms with Crippen LogP contribution in [0.4, 0.5) is 0 Å². The van der Waals surface area contributed by atoms with Crippen LogP contribution in [0.1, 0.15) is 13.3 Å². The van der Waals surface area contributed by atoms with Crippen LogP contribution in [-0.2, 0) is 4.79 Å². The minimum Gasteiger partial charge on any atom is -0.298 e. The zero-order chi connectivity index (χ0) is 7.82. The highest BCUT2D eigenvalue weighted by molar-refractivity contribution is 5.76. The van der Waals surface area contributed by atoms with Crippen molar-refractivity contribution >= 4 is 6.29 Å². The van der Waals surface area contributed by atoms with E-state index < -0.39 is 0 Å². The predicted octanol–water partition coefficient (Wildman–Crippen LogP) is 2.26. The molecule has 0 aliphatic rings. The summed E-state index contributed by atoms with van der Waals surface area (Å²) in [4.78, 5) is 9.99. The van der Waals surface area contributed by atoms with Crippen LogP contribution in [-0.4, -0.2) is 6.29 Å². The van der Waals surface area contributed by atoms with Crippen molar-refractivity contribution < 1.29 is 4.79 Å². The van der Waals surface area contributed by atoms with Gasteiger partial charge < -0.3 is 0 Å². The summed E-state index contributed by atoms with van der Waals surface area (Å²) in [5.74, 6) is 0. The Balaban J connectivity index is 3.65. The number of carbonyl (C=O) groups is 1. The zero-order valence-corrected chi connectivity index (χ0v) is 6.21. The quantitative estimate of drug-likeness (QED) is 0.329. The third-order valence-corrected chi connectivity index (χ3v) is 0.945. The molecule has 10 heavy (non-hydrogen) atoms. The number of aldehydes is 1. The number of hydrogen-bond donors (Lipinski definition) is 0. The van der Waals surface area contributed by atoms with Gasteiger partial charge in [0.25, 0.3) is 0 Å². The van der Waals surface area contributed by atoms with Gasteiger partial charge in [0, 0.05) is 5.57 Å². The molecular weight excluding hydrogens is 124 g/mol. The molecule has 0 radical (unpaired) electrons. The standard InChI is InChI=1S/C9H12O/c1-3-4-5-6-7-9(2)8-10/h4-8H,2-3H2,1H3. The van der Waals surface area contributed by atoms with E-state index in [1.54, 1.807) is 12.2 Å². The summed E-state index contributed by atoms with van der Waals surface area (Å²) >= 11 is 0. The Labute approximate surface area is 61.8 Å². The average molecular weight is 136 g/mol. The van der Waals surface area contributed by atoms with Gasteiger partial charge in [-0.25, -0.2) is 0 Å². The molecule has 0 aromatic carbocycles. The lowest BCUT2D eigenvalue weighted by atomic mass is 10.3. The Morgan fingerprint density at radius 1 is 1.50 bits per heavy atom. The van der Waals surface area contributed by atoms with E-state index in [1.807, 2.05) is 12.2 Å². The molecule has 0 unspecified atom stereocenters. The SMILES string of the molecule is C=C(C=O)C=CC=CCC.